The first-order valence-electron chi connectivity index (χ1n) is 2.32. The number of hydrogen-bond acceptors (Lipinski definition) is 1. The second-order valence-corrected chi connectivity index (χ2v) is 0.741. The highest BCUT2D eigenvalue weighted by Gasteiger charge is 1.69. The van der Waals surface area contributed by atoms with Crippen molar-refractivity contribution in [3.05, 3.63) is 0 Å². The van der Waals surface area contributed by atoms with Gasteiger partial charge in [-0.3, -0.25) is 0 Å². The molecule has 0 amide bonds. The van der Waals surface area contributed by atoms with E-state index in [2.05, 4.69) is 0 Å². The minimum atomic E-state index is -1.09. The molecule has 0 rings (SSSR count). The molecule has 0 aliphatic rings. The van der Waals surface area contributed by atoms with Crippen LogP contribution in [0.1, 0.15) is 16.5 Å². The third-order valence-electron chi connectivity index (χ3n) is 0. The Morgan fingerprint density at radius 3 is 2.50 bits per heavy atom. The average Bonchev–Trinajstić information content (AvgIpc) is 1.36. The number of rotatable bonds is 0. The monoisotopic (exact) mass is 62.1 g/mol. The summed E-state index contributed by atoms with van der Waals surface area (Å²) in [6, 6.07) is 0. The van der Waals surface area contributed by atoms with E-state index in [1.807, 2.05) is 0 Å². The molecule has 0 aromatic heterocycles. The van der Waals surface area contributed by atoms with Gasteiger partial charge < -0.3 is 5.11 Å². The van der Waals surface area contributed by atoms with Gasteiger partial charge in [0, 0.05) is 8.85 Å². The Bertz CT molecular complexity index is 29.8. The van der Waals surface area contributed by atoms with Crippen LogP contribution >= 0.6 is 0 Å². The van der Waals surface area contributed by atoms with E-state index in [0.717, 1.165) is 0 Å². The lowest BCUT2D eigenvalue weighted by atomic mass is 10.5. The topological polar surface area (TPSA) is 20.2 Å². The van der Waals surface area contributed by atoms with Gasteiger partial charge in [-0.2, -0.15) is 0 Å². The van der Waals surface area contributed by atoms with Crippen LogP contribution in [-0.4, -0.2) is 11.2 Å². The van der Waals surface area contributed by atoms with Crippen molar-refractivity contribution in [3.63, 3.8) is 0 Å². The molecule has 4 heavy (non-hydrogen) atoms. The predicted molar refractivity (Wildman–Crippen MR) is 17.4 cm³/mol. The maximum atomic E-state index is 8.25. The molecular formula is C3H8O. The highest BCUT2D eigenvalue weighted by molar-refractivity contribution is 4.20. The van der Waals surface area contributed by atoms with E-state index in [4.69, 9.17) is 7.85 Å². The molecule has 1 nitrogen and oxygen atoms in total. The fourth-order valence-corrected chi connectivity index (χ4v) is 0. The molecular weight excluding hydrogens is 52.0 g/mol. The van der Waals surface area contributed by atoms with Gasteiger partial charge in [-0.15, -0.1) is 0 Å². The first kappa shape index (κ1) is 1.41. The molecule has 0 heterocycles. The molecule has 1 atom stereocenters. The molecule has 0 aliphatic carbocycles. The Hall–Kier alpha value is -0.0400. The fraction of sp³-hybridized carbons (Fsp3) is 1.00. The maximum Gasteiger partial charge on any atom is 0.0483 e. The summed E-state index contributed by atoms with van der Waals surface area (Å²) in [6.45, 7) is 0.329. The van der Waals surface area contributed by atoms with Crippen molar-refractivity contribution in [1.82, 2.24) is 0 Å². The lowest BCUT2D eigenvalue weighted by Gasteiger charge is -1.80. The van der Waals surface area contributed by atoms with E-state index in [-0.39, 0.29) is 0 Å². The van der Waals surface area contributed by atoms with Gasteiger partial charge in [-0.1, -0.05) is 0 Å². The largest absolute Gasteiger partial charge is 0.394 e. The van der Waals surface area contributed by atoms with Crippen LogP contribution in [0.5, 0.6) is 0 Å². The predicted octanol–water partition coefficient (Wildman–Crippen LogP) is 0.387. The molecule has 0 bridgehead atoms. The van der Waals surface area contributed by atoms with E-state index >= 15 is 0 Å². The summed E-state index contributed by atoms with van der Waals surface area (Å²) in [4.78, 5) is 0. The normalized spacial score (nSPS) is 23.8. The third kappa shape index (κ3) is 1130. The first-order chi connectivity index (χ1) is 2.64. The molecule has 1 unspecified atom stereocenters. The zero-order valence-electron chi connectivity index (χ0n) is 4.60. The summed E-state index contributed by atoms with van der Waals surface area (Å²) in [7, 11) is 0. The van der Waals surface area contributed by atoms with Crippen molar-refractivity contribution in [3.8, 4) is 0 Å². The summed E-state index contributed by atoms with van der Waals surface area (Å²) in [5.74, 6) is 0. The van der Waals surface area contributed by atoms with Crippen LogP contribution in [0.2, 0.25) is 0 Å². The molecule has 0 spiro atoms. The van der Waals surface area contributed by atoms with Gasteiger partial charge in [0.15, 0.2) is 0 Å². The highest BCUT2D eigenvalue weighted by atomic mass is 16.3. The van der Waals surface area contributed by atoms with Crippen molar-refractivity contribution >= 4 is 0 Å². The fourth-order valence-electron chi connectivity index (χ4n) is 0. The Morgan fingerprint density at radius 1 is 2.25 bits per heavy atom. The van der Waals surface area contributed by atoms with Crippen molar-refractivity contribution < 1.29 is 7.85 Å². The SMILES string of the molecule is [2H]C([2H])C(C)O. The van der Waals surface area contributed by atoms with Crippen molar-refractivity contribution in [2.45, 2.75) is 19.9 Å². The Labute approximate surface area is 29.1 Å². The maximum absolute atomic E-state index is 8.25. The molecule has 0 saturated heterocycles. The summed E-state index contributed by atoms with van der Waals surface area (Å²) in [5, 5.41) is 8.25. The van der Waals surface area contributed by atoms with Gasteiger partial charge in [-0.25, -0.2) is 0 Å². The summed E-state index contributed by atoms with van der Waals surface area (Å²) < 4.78 is 12.9. The number of aliphatic hydroxyl groups excluding tert-OH is 1. The van der Waals surface area contributed by atoms with E-state index in [0.29, 0.717) is 0 Å². The van der Waals surface area contributed by atoms with E-state index < -0.39 is 13.0 Å². The third-order valence-corrected chi connectivity index (χ3v) is 0. The summed E-state index contributed by atoms with van der Waals surface area (Å²) in [5.41, 5.74) is 0. The lowest BCUT2D eigenvalue weighted by molar-refractivity contribution is 0.216. The van der Waals surface area contributed by atoms with Crippen LogP contribution in [0.4, 0.5) is 0 Å². The van der Waals surface area contributed by atoms with Gasteiger partial charge in [-0.05, 0) is 13.8 Å². The average molecular weight is 62.1 g/mol. The van der Waals surface area contributed by atoms with E-state index in [1.165, 1.54) is 6.92 Å². The van der Waals surface area contributed by atoms with Crippen LogP contribution in [0.25, 0.3) is 0 Å². The molecule has 0 aromatic rings. The zero-order chi connectivity index (χ0) is 5.15. The van der Waals surface area contributed by atoms with Crippen LogP contribution in [0, 0.1) is 0 Å². The molecule has 0 saturated carbocycles. The van der Waals surface area contributed by atoms with Crippen molar-refractivity contribution in [2.24, 2.45) is 0 Å². The summed E-state index contributed by atoms with van der Waals surface area (Å²) in [6.07, 6.45) is -0.815. The lowest BCUT2D eigenvalue weighted by Crippen LogP contribution is -1.85. The second-order valence-electron chi connectivity index (χ2n) is 0.741. The van der Waals surface area contributed by atoms with Crippen LogP contribution in [0.3, 0.4) is 0 Å². The smallest absolute Gasteiger partial charge is 0.0483 e. The van der Waals surface area contributed by atoms with Crippen LogP contribution < -0.4 is 0 Å². The van der Waals surface area contributed by atoms with Crippen molar-refractivity contribution in [2.75, 3.05) is 0 Å². The second kappa shape index (κ2) is 1.30. The zero-order valence-corrected chi connectivity index (χ0v) is 2.60. The minimum absolute atomic E-state index is 0.815. The standard InChI is InChI=1S/C3H8O/c1-3(2)4/h3-4H,1-2H3/i1D2. The molecule has 0 radical (unpaired) electrons. The van der Waals surface area contributed by atoms with Crippen molar-refractivity contribution in [1.29, 1.82) is 0 Å². The van der Waals surface area contributed by atoms with E-state index in [9.17, 15) is 0 Å². The molecule has 1 N–H and O–H groups in total. The van der Waals surface area contributed by atoms with Gasteiger partial charge in [0.05, 0.1) is 0 Å². The first-order valence-corrected chi connectivity index (χ1v) is 1.17. The Morgan fingerprint density at radius 2 is 2.50 bits per heavy atom. The minimum Gasteiger partial charge on any atom is -0.394 e. The van der Waals surface area contributed by atoms with E-state index in [1.54, 1.807) is 0 Å². The Kier molecular flexibility index (Phi) is 0.458. The molecule has 0 aliphatic heterocycles. The number of aliphatic hydroxyl groups is 1. The molecule has 1 heteroatoms. The van der Waals surface area contributed by atoms with Gasteiger partial charge in [0.2, 0.25) is 0 Å². The van der Waals surface area contributed by atoms with Crippen LogP contribution in [-0.2, 0) is 0 Å². The molecule has 0 fully saturated rings. The van der Waals surface area contributed by atoms with Gasteiger partial charge >= 0.3 is 0 Å². The Balaban J connectivity index is 2.99. The van der Waals surface area contributed by atoms with Crippen LogP contribution in [0.15, 0.2) is 0 Å². The summed E-state index contributed by atoms with van der Waals surface area (Å²) >= 11 is 0. The van der Waals surface area contributed by atoms with Gasteiger partial charge in [0.1, 0.15) is 0 Å². The molecule has 26 valence electrons. The quantitative estimate of drug-likeness (QED) is 0.430. The molecule has 0 aromatic carbocycles. The van der Waals surface area contributed by atoms with Gasteiger partial charge in [0.25, 0.3) is 0 Å². The number of hydrogen-bond donors (Lipinski definition) is 1. The highest BCUT2D eigenvalue weighted by Crippen LogP contribution is 1.65.